The molecule has 0 aliphatic heterocycles. The summed E-state index contributed by atoms with van der Waals surface area (Å²) in [5.41, 5.74) is 1.98. The predicted octanol–water partition coefficient (Wildman–Crippen LogP) is 2.19. The molecule has 0 aliphatic rings. The van der Waals surface area contributed by atoms with Crippen molar-refractivity contribution >= 4 is 17.7 Å². The lowest BCUT2D eigenvalue weighted by Crippen LogP contribution is -2.17. The molecule has 1 N–H and O–H groups in total. The fourth-order valence-corrected chi connectivity index (χ4v) is 2.49. The first-order chi connectivity index (χ1) is 11.4. The molecule has 0 saturated heterocycles. The molecule has 0 atom stereocenters. The minimum absolute atomic E-state index is 0.246. The highest BCUT2D eigenvalue weighted by molar-refractivity contribution is 6.03. The smallest absolute Gasteiger partial charge is 0.355 e. The van der Waals surface area contributed by atoms with E-state index in [4.69, 9.17) is 9.47 Å². The Kier molecular flexibility index (Phi) is 5.23. The van der Waals surface area contributed by atoms with Crippen LogP contribution in [0, 0.1) is 13.8 Å². The average molecular weight is 332 g/mol. The number of aryl methyl sites for hydroxylation is 2. The normalized spacial score (nSPS) is 10.5. The van der Waals surface area contributed by atoms with Crippen LogP contribution in [0.25, 0.3) is 0 Å². The number of hydrogen-bond acceptors (Lipinski definition) is 5. The molecular formula is C17H20N2O5. The topological polar surface area (TPSA) is 90.4 Å². The van der Waals surface area contributed by atoms with Gasteiger partial charge in [-0.1, -0.05) is 0 Å². The molecule has 0 saturated carbocycles. The van der Waals surface area contributed by atoms with Crippen molar-refractivity contribution in [1.29, 1.82) is 0 Å². The number of aromatic nitrogens is 2. The summed E-state index contributed by atoms with van der Waals surface area (Å²) in [6.07, 6.45) is 1.71. The Morgan fingerprint density at radius 3 is 2.46 bits per heavy atom. The molecule has 0 fully saturated rings. The molecule has 2 heterocycles. The van der Waals surface area contributed by atoms with Crippen molar-refractivity contribution in [2.45, 2.75) is 20.8 Å². The van der Waals surface area contributed by atoms with Crippen LogP contribution < -0.4 is 0 Å². The maximum absolute atomic E-state index is 12.3. The maximum Gasteiger partial charge on any atom is 0.355 e. The highest BCUT2D eigenvalue weighted by atomic mass is 16.5. The van der Waals surface area contributed by atoms with Gasteiger partial charge in [0.2, 0.25) is 5.78 Å². The minimum atomic E-state index is -0.581. The van der Waals surface area contributed by atoms with Crippen molar-refractivity contribution in [3.05, 3.63) is 46.5 Å². The summed E-state index contributed by atoms with van der Waals surface area (Å²) >= 11 is 0. The molecule has 0 spiro atoms. The first-order valence-corrected chi connectivity index (χ1v) is 7.54. The molecule has 24 heavy (non-hydrogen) atoms. The van der Waals surface area contributed by atoms with Gasteiger partial charge in [-0.15, -0.1) is 0 Å². The van der Waals surface area contributed by atoms with E-state index in [2.05, 4.69) is 4.98 Å². The summed E-state index contributed by atoms with van der Waals surface area (Å²) in [5, 5.41) is 0. The largest absolute Gasteiger partial charge is 0.462 e. The number of H-pyrrole nitrogens is 1. The Labute approximate surface area is 139 Å². The van der Waals surface area contributed by atoms with E-state index in [-0.39, 0.29) is 12.3 Å². The van der Waals surface area contributed by atoms with Gasteiger partial charge in [0.1, 0.15) is 5.69 Å². The van der Waals surface area contributed by atoms with Gasteiger partial charge in [0.25, 0.3) is 0 Å². The van der Waals surface area contributed by atoms with Crippen LogP contribution in [-0.2, 0) is 16.5 Å². The zero-order chi connectivity index (χ0) is 17.9. The lowest BCUT2D eigenvalue weighted by Gasteiger charge is -2.05. The number of aromatic amines is 1. The van der Waals surface area contributed by atoms with E-state index in [9.17, 15) is 14.4 Å². The Morgan fingerprint density at radius 2 is 1.88 bits per heavy atom. The zero-order valence-corrected chi connectivity index (χ0v) is 14.1. The number of nitrogens with one attached hydrogen (secondary N) is 1. The predicted molar refractivity (Wildman–Crippen MR) is 86.2 cm³/mol. The van der Waals surface area contributed by atoms with Gasteiger partial charge in [-0.3, -0.25) is 4.79 Å². The van der Waals surface area contributed by atoms with Crippen LogP contribution in [0.3, 0.4) is 0 Å². The lowest BCUT2D eigenvalue weighted by molar-refractivity contribution is 0.0463. The number of rotatable bonds is 6. The number of carbonyl (C=O) groups excluding carboxylic acids is 3. The third kappa shape index (κ3) is 3.40. The van der Waals surface area contributed by atoms with Gasteiger partial charge in [0.15, 0.2) is 6.61 Å². The Balaban J connectivity index is 2.11. The van der Waals surface area contributed by atoms with Crippen molar-refractivity contribution in [2.24, 2.45) is 7.05 Å². The van der Waals surface area contributed by atoms with E-state index in [0.29, 0.717) is 22.5 Å². The number of ether oxygens (including phenoxy) is 2. The molecule has 128 valence electrons. The summed E-state index contributed by atoms with van der Waals surface area (Å²) in [7, 11) is 1.71. The summed E-state index contributed by atoms with van der Waals surface area (Å²) in [6.45, 7) is 4.89. The highest BCUT2D eigenvalue weighted by Crippen LogP contribution is 2.19. The quantitative estimate of drug-likeness (QED) is 0.647. The number of Topliss-reactive ketones (excluding diaryl/α,β-unsaturated/α-hetero) is 1. The van der Waals surface area contributed by atoms with E-state index in [1.807, 2.05) is 0 Å². The zero-order valence-electron chi connectivity index (χ0n) is 14.1. The van der Waals surface area contributed by atoms with Crippen molar-refractivity contribution in [2.75, 3.05) is 13.2 Å². The average Bonchev–Trinajstić information content (AvgIpc) is 3.08. The number of nitrogens with zero attached hydrogens (tertiary/aromatic N) is 1. The van der Waals surface area contributed by atoms with Gasteiger partial charge in [0, 0.05) is 18.9 Å². The molecule has 2 rings (SSSR count). The summed E-state index contributed by atoms with van der Waals surface area (Å²) in [6, 6.07) is 3.32. The molecule has 0 amide bonds. The minimum Gasteiger partial charge on any atom is -0.462 e. The van der Waals surface area contributed by atoms with Crippen LogP contribution in [0.5, 0.6) is 0 Å². The van der Waals surface area contributed by atoms with Gasteiger partial charge in [0.05, 0.1) is 17.9 Å². The molecule has 0 unspecified atom stereocenters. The molecule has 0 aliphatic carbocycles. The summed E-state index contributed by atoms with van der Waals surface area (Å²) in [5.74, 6) is -1.47. The van der Waals surface area contributed by atoms with Crippen molar-refractivity contribution in [3.8, 4) is 0 Å². The van der Waals surface area contributed by atoms with Crippen LogP contribution in [0.1, 0.15) is 49.5 Å². The monoisotopic (exact) mass is 332 g/mol. The Morgan fingerprint density at radius 1 is 1.17 bits per heavy atom. The standard InChI is InChI=1S/C17H20N2O5/c1-5-23-17(22)14-10(2)15(18-11(14)3)13(20)9-24-16(21)12-7-6-8-19(12)4/h6-8,18H,5,9H2,1-4H3. The van der Waals surface area contributed by atoms with E-state index in [1.165, 1.54) is 0 Å². The van der Waals surface area contributed by atoms with Gasteiger partial charge >= 0.3 is 11.9 Å². The van der Waals surface area contributed by atoms with Crippen LogP contribution in [0.2, 0.25) is 0 Å². The molecular weight excluding hydrogens is 312 g/mol. The first kappa shape index (κ1) is 17.5. The maximum atomic E-state index is 12.3. The van der Waals surface area contributed by atoms with Gasteiger partial charge in [-0.05, 0) is 38.5 Å². The van der Waals surface area contributed by atoms with E-state index in [0.717, 1.165) is 0 Å². The fraction of sp³-hybridized carbons (Fsp3) is 0.353. The number of esters is 2. The third-order valence-electron chi connectivity index (χ3n) is 3.68. The van der Waals surface area contributed by atoms with Crippen molar-refractivity contribution < 1.29 is 23.9 Å². The van der Waals surface area contributed by atoms with E-state index in [1.54, 1.807) is 50.7 Å². The van der Waals surface area contributed by atoms with Gasteiger partial charge < -0.3 is 19.0 Å². The Bertz CT molecular complexity index is 785. The van der Waals surface area contributed by atoms with Gasteiger partial charge in [-0.25, -0.2) is 9.59 Å². The molecule has 7 nitrogen and oxygen atoms in total. The molecule has 2 aromatic rings. The first-order valence-electron chi connectivity index (χ1n) is 7.54. The molecule has 0 aromatic carbocycles. The number of carbonyl (C=O) groups is 3. The second-order valence-corrected chi connectivity index (χ2v) is 5.35. The highest BCUT2D eigenvalue weighted by Gasteiger charge is 2.23. The second kappa shape index (κ2) is 7.16. The second-order valence-electron chi connectivity index (χ2n) is 5.35. The third-order valence-corrected chi connectivity index (χ3v) is 3.68. The molecule has 0 radical (unpaired) electrons. The Hall–Kier alpha value is -2.83. The van der Waals surface area contributed by atoms with Gasteiger partial charge in [-0.2, -0.15) is 0 Å². The molecule has 0 bridgehead atoms. The SMILES string of the molecule is CCOC(=O)c1c(C)[nH]c(C(=O)COC(=O)c2cccn2C)c1C. The summed E-state index contributed by atoms with van der Waals surface area (Å²) < 4.78 is 11.6. The van der Waals surface area contributed by atoms with Crippen molar-refractivity contribution in [3.63, 3.8) is 0 Å². The van der Waals surface area contributed by atoms with E-state index < -0.39 is 24.3 Å². The van der Waals surface area contributed by atoms with Crippen LogP contribution in [0.15, 0.2) is 18.3 Å². The summed E-state index contributed by atoms with van der Waals surface area (Å²) in [4.78, 5) is 39.1. The molecule has 7 heteroatoms. The lowest BCUT2D eigenvalue weighted by atomic mass is 10.1. The fourth-order valence-electron chi connectivity index (χ4n) is 2.49. The van der Waals surface area contributed by atoms with Crippen LogP contribution in [-0.4, -0.2) is 40.5 Å². The number of hydrogen-bond donors (Lipinski definition) is 1. The van der Waals surface area contributed by atoms with E-state index >= 15 is 0 Å². The number of ketones is 1. The van der Waals surface area contributed by atoms with Crippen LogP contribution >= 0.6 is 0 Å². The molecule has 2 aromatic heterocycles. The van der Waals surface area contributed by atoms with Crippen molar-refractivity contribution in [1.82, 2.24) is 9.55 Å². The van der Waals surface area contributed by atoms with Crippen LogP contribution in [0.4, 0.5) is 0 Å².